The number of halogens is 2. The molecule has 0 amide bonds. The first-order chi connectivity index (χ1) is 9.06. The molecule has 1 aliphatic rings. The molecule has 0 saturated carbocycles. The second kappa shape index (κ2) is 4.73. The van der Waals surface area contributed by atoms with Crippen molar-refractivity contribution in [1.29, 1.82) is 0 Å². The van der Waals surface area contributed by atoms with Gasteiger partial charge in [0, 0.05) is 16.7 Å². The lowest BCUT2D eigenvalue weighted by molar-refractivity contribution is 1.08. The molecule has 1 aliphatic heterocycles. The molecular weight excluding hydrogens is 350 g/mol. The molecule has 0 aromatic carbocycles. The largest absolute Gasteiger partial charge is 0.370 e. The topological polar surface area (TPSA) is 76.2 Å². The van der Waals surface area contributed by atoms with Crippen LogP contribution >= 0.6 is 38.9 Å². The summed E-state index contributed by atoms with van der Waals surface area (Å²) in [6.45, 7) is 2.51. The van der Waals surface area contributed by atoms with Crippen molar-refractivity contribution in [2.24, 2.45) is 10.7 Å². The number of fused-ring (bicyclic) bond motifs is 1. The van der Waals surface area contributed by atoms with E-state index in [-0.39, 0.29) is 5.28 Å². The molecule has 3 heterocycles. The maximum Gasteiger partial charge on any atom is 0.223 e. The van der Waals surface area contributed by atoms with E-state index in [0.717, 1.165) is 30.8 Å². The van der Waals surface area contributed by atoms with Gasteiger partial charge in [0.05, 0.1) is 21.4 Å². The number of aromatic nitrogens is 2. The molecule has 0 radical (unpaired) electrons. The van der Waals surface area contributed by atoms with Gasteiger partial charge >= 0.3 is 0 Å². The Hall–Kier alpha value is -1.18. The molecule has 2 aromatic heterocycles. The van der Waals surface area contributed by atoms with Gasteiger partial charge in [-0.05, 0) is 34.5 Å². The summed E-state index contributed by atoms with van der Waals surface area (Å²) in [6.07, 6.45) is 1.81. The van der Waals surface area contributed by atoms with Gasteiger partial charge in [-0.15, -0.1) is 11.3 Å². The molecule has 3 rings (SSSR count). The number of nitrogens with two attached hydrogens (primary N) is 1. The molecule has 19 heavy (non-hydrogen) atoms. The van der Waals surface area contributed by atoms with E-state index < -0.39 is 0 Å². The molecule has 0 spiro atoms. The van der Waals surface area contributed by atoms with E-state index in [1.54, 1.807) is 11.3 Å². The zero-order valence-corrected chi connectivity index (χ0v) is 13.0. The SMILES string of the molecule is Cc1sc2c(C3=CNC(N)=NC3)nc(Cl)nc2c1Br. The van der Waals surface area contributed by atoms with Crippen LogP contribution in [-0.4, -0.2) is 22.5 Å². The van der Waals surface area contributed by atoms with Crippen molar-refractivity contribution < 1.29 is 0 Å². The Morgan fingerprint density at radius 3 is 2.95 bits per heavy atom. The second-order valence-corrected chi connectivity index (χ2v) is 6.36. The van der Waals surface area contributed by atoms with Crippen molar-refractivity contribution in [2.75, 3.05) is 6.54 Å². The highest BCUT2D eigenvalue weighted by molar-refractivity contribution is 9.10. The number of aryl methyl sites for hydroxylation is 1. The highest BCUT2D eigenvalue weighted by atomic mass is 79.9. The fourth-order valence-electron chi connectivity index (χ4n) is 1.82. The summed E-state index contributed by atoms with van der Waals surface area (Å²) < 4.78 is 1.96. The minimum Gasteiger partial charge on any atom is -0.370 e. The number of nitrogens with zero attached hydrogens (tertiary/aromatic N) is 3. The van der Waals surface area contributed by atoms with Crippen molar-refractivity contribution in [3.63, 3.8) is 0 Å². The molecular formula is C11H9BrClN5S. The predicted octanol–water partition coefficient (Wildman–Crippen LogP) is 2.67. The first-order valence-corrected chi connectivity index (χ1v) is 7.43. The Morgan fingerprint density at radius 2 is 2.26 bits per heavy atom. The number of thiophene rings is 1. The maximum absolute atomic E-state index is 6.01. The lowest BCUT2D eigenvalue weighted by Crippen LogP contribution is -2.30. The Balaban J connectivity index is 2.21. The van der Waals surface area contributed by atoms with Gasteiger partial charge in [-0.25, -0.2) is 15.0 Å². The van der Waals surface area contributed by atoms with Crippen LogP contribution in [0.3, 0.4) is 0 Å². The van der Waals surface area contributed by atoms with Crippen LogP contribution in [0.5, 0.6) is 0 Å². The summed E-state index contributed by atoms with van der Waals surface area (Å²) in [6, 6.07) is 0. The number of hydrogen-bond acceptors (Lipinski definition) is 6. The highest BCUT2D eigenvalue weighted by Gasteiger charge is 2.18. The van der Waals surface area contributed by atoms with Gasteiger partial charge in [-0.1, -0.05) is 0 Å². The van der Waals surface area contributed by atoms with Crippen LogP contribution in [-0.2, 0) is 0 Å². The van der Waals surface area contributed by atoms with Crippen molar-refractivity contribution in [3.05, 3.63) is 26.5 Å². The van der Waals surface area contributed by atoms with E-state index in [1.165, 1.54) is 0 Å². The van der Waals surface area contributed by atoms with Crippen molar-refractivity contribution in [3.8, 4) is 0 Å². The Kier molecular flexibility index (Phi) is 3.20. The first-order valence-electron chi connectivity index (χ1n) is 5.44. The fraction of sp³-hybridized carbons (Fsp3) is 0.182. The molecule has 0 fully saturated rings. The number of nitrogens with one attached hydrogen (secondary N) is 1. The van der Waals surface area contributed by atoms with Crippen LogP contribution in [0.1, 0.15) is 10.6 Å². The van der Waals surface area contributed by atoms with Crippen LogP contribution in [0, 0.1) is 6.92 Å². The number of aliphatic imine (C=N–C) groups is 1. The zero-order valence-electron chi connectivity index (χ0n) is 9.87. The number of rotatable bonds is 1. The molecule has 0 bridgehead atoms. The highest BCUT2D eigenvalue weighted by Crippen LogP contribution is 2.37. The Morgan fingerprint density at radius 1 is 1.47 bits per heavy atom. The van der Waals surface area contributed by atoms with Crippen molar-refractivity contribution in [1.82, 2.24) is 15.3 Å². The van der Waals surface area contributed by atoms with Gasteiger partial charge in [-0.2, -0.15) is 0 Å². The third-order valence-electron chi connectivity index (χ3n) is 2.73. The van der Waals surface area contributed by atoms with E-state index in [2.05, 4.69) is 36.2 Å². The van der Waals surface area contributed by atoms with Crippen LogP contribution in [0.2, 0.25) is 5.28 Å². The molecule has 3 N–H and O–H groups in total. The van der Waals surface area contributed by atoms with Crippen molar-refractivity contribution >= 4 is 60.6 Å². The molecule has 2 aromatic rings. The monoisotopic (exact) mass is 357 g/mol. The number of hydrogen-bond donors (Lipinski definition) is 2. The molecule has 0 aliphatic carbocycles. The Bertz CT molecular complexity index is 736. The van der Waals surface area contributed by atoms with E-state index >= 15 is 0 Å². The van der Waals surface area contributed by atoms with Crippen LogP contribution in [0.15, 0.2) is 15.7 Å². The zero-order chi connectivity index (χ0) is 13.6. The predicted molar refractivity (Wildman–Crippen MR) is 82.5 cm³/mol. The van der Waals surface area contributed by atoms with E-state index in [4.69, 9.17) is 17.3 Å². The molecule has 0 saturated heterocycles. The van der Waals surface area contributed by atoms with Gasteiger partial charge in [0.1, 0.15) is 5.52 Å². The van der Waals surface area contributed by atoms with E-state index in [1.807, 2.05) is 13.1 Å². The smallest absolute Gasteiger partial charge is 0.223 e. The van der Waals surface area contributed by atoms with Crippen LogP contribution < -0.4 is 11.1 Å². The van der Waals surface area contributed by atoms with Gasteiger partial charge < -0.3 is 11.1 Å². The van der Waals surface area contributed by atoms with Gasteiger partial charge in [0.25, 0.3) is 0 Å². The van der Waals surface area contributed by atoms with Crippen molar-refractivity contribution in [2.45, 2.75) is 6.92 Å². The summed E-state index contributed by atoms with van der Waals surface area (Å²) in [4.78, 5) is 13.9. The summed E-state index contributed by atoms with van der Waals surface area (Å²) in [5.41, 5.74) is 8.16. The quantitative estimate of drug-likeness (QED) is 0.768. The summed E-state index contributed by atoms with van der Waals surface area (Å²) in [7, 11) is 0. The normalized spacial score (nSPS) is 15.1. The molecule has 5 nitrogen and oxygen atoms in total. The minimum absolute atomic E-state index is 0.226. The average molecular weight is 359 g/mol. The van der Waals surface area contributed by atoms with Crippen LogP contribution in [0.4, 0.5) is 0 Å². The lowest BCUT2D eigenvalue weighted by atomic mass is 10.1. The molecule has 8 heteroatoms. The van der Waals surface area contributed by atoms with Gasteiger partial charge in [0.15, 0.2) is 5.96 Å². The third-order valence-corrected chi connectivity index (χ3v) is 5.23. The maximum atomic E-state index is 6.01. The standard InChI is InChI=1S/C11H9BrClN5S/c1-4-6(12)8-9(19-4)7(17-10(13)18-8)5-2-15-11(14)16-3-5/h2H,3H2,1H3,(H3,14,15,16). The van der Waals surface area contributed by atoms with E-state index in [0.29, 0.717) is 12.5 Å². The second-order valence-electron chi connectivity index (χ2n) is 4.01. The molecule has 0 unspecified atom stereocenters. The molecule has 0 atom stereocenters. The number of guanidine groups is 1. The summed E-state index contributed by atoms with van der Waals surface area (Å²) in [5, 5.41) is 3.12. The summed E-state index contributed by atoms with van der Waals surface area (Å²) >= 11 is 11.2. The first kappa shape index (κ1) is 12.8. The third kappa shape index (κ3) is 2.22. The lowest BCUT2D eigenvalue weighted by Gasteiger charge is -2.12. The fourth-order valence-corrected chi connectivity index (χ4v) is 3.66. The Labute approximate surface area is 126 Å². The van der Waals surface area contributed by atoms with Gasteiger partial charge in [0.2, 0.25) is 5.28 Å². The molecule has 98 valence electrons. The average Bonchev–Trinajstić information content (AvgIpc) is 2.66. The minimum atomic E-state index is 0.226. The summed E-state index contributed by atoms with van der Waals surface area (Å²) in [5.74, 6) is 0.406. The van der Waals surface area contributed by atoms with E-state index in [9.17, 15) is 0 Å². The van der Waals surface area contributed by atoms with Crippen LogP contribution in [0.25, 0.3) is 15.8 Å². The van der Waals surface area contributed by atoms with Gasteiger partial charge in [-0.3, -0.25) is 0 Å².